The molecule has 1 fully saturated rings. The number of methoxy groups -OCH3 is 1. The SMILES string of the molecule is COc1ccc(C2CCCN2c2nccn3cnnc23)cc1. The highest BCUT2D eigenvalue weighted by Crippen LogP contribution is 2.36. The summed E-state index contributed by atoms with van der Waals surface area (Å²) in [5.41, 5.74) is 2.09. The summed E-state index contributed by atoms with van der Waals surface area (Å²) in [5.74, 6) is 1.78. The van der Waals surface area contributed by atoms with Crippen LogP contribution in [-0.2, 0) is 0 Å². The smallest absolute Gasteiger partial charge is 0.203 e. The molecule has 0 spiro atoms. The first-order chi connectivity index (χ1) is 10.9. The fourth-order valence-corrected chi connectivity index (χ4v) is 3.14. The molecule has 6 nitrogen and oxygen atoms in total. The van der Waals surface area contributed by atoms with E-state index in [1.54, 1.807) is 19.6 Å². The predicted octanol–water partition coefficient (Wildman–Crippen LogP) is 2.47. The normalized spacial score (nSPS) is 18.0. The maximum Gasteiger partial charge on any atom is 0.203 e. The van der Waals surface area contributed by atoms with E-state index in [1.165, 1.54) is 5.56 Å². The van der Waals surface area contributed by atoms with Gasteiger partial charge in [0.05, 0.1) is 13.2 Å². The summed E-state index contributed by atoms with van der Waals surface area (Å²) in [6.07, 6.45) is 7.64. The van der Waals surface area contributed by atoms with Gasteiger partial charge in [0.1, 0.15) is 12.1 Å². The van der Waals surface area contributed by atoms with Gasteiger partial charge in [0.15, 0.2) is 5.82 Å². The maximum atomic E-state index is 5.24. The van der Waals surface area contributed by atoms with Crippen molar-refractivity contribution in [3.63, 3.8) is 0 Å². The Hall–Kier alpha value is -2.63. The van der Waals surface area contributed by atoms with Gasteiger partial charge in [0.25, 0.3) is 0 Å². The van der Waals surface area contributed by atoms with Gasteiger partial charge >= 0.3 is 0 Å². The molecule has 6 heteroatoms. The fourth-order valence-electron chi connectivity index (χ4n) is 3.14. The summed E-state index contributed by atoms with van der Waals surface area (Å²) in [6, 6.07) is 8.60. The molecule has 4 rings (SSSR count). The van der Waals surface area contributed by atoms with E-state index < -0.39 is 0 Å². The molecule has 1 aliphatic rings. The van der Waals surface area contributed by atoms with Crippen LogP contribution in [0.3, 0.4) is 0 Å². The van der Waals surface area contributed by atoms with Crippen LogP contribution in [0.15, 0.2) is 43.0 Å². The first-order valence-electron chi connectivity index (χ1n) is 7.42. The third kappa shape index (κ3) is 2.07. The standard InChI is InChI=1S/C16H17N5O/c1-22-13-6-4-12(5-7-13)14-3-2-9-21(14)15-16-19-18-11-20(16)10-8-17-15/h4-8,10-11,14H,2-3,9H2,1H3. The molecule has 3 aromatic rings. The van der Waals surface area contributed by atoms with Gasteiger partial charge in [-0.25, -0.2) is 4.98 Å². The lowest BCUT2D eigenvalue weighted by Gasteiger charge is -2.26. The zero-order valence-electron chi connectivity index (χ0n) is 12.4. The molecule has 3 heterocycles. The van der Waals surface area contributed by atoms with Gasteiger partial charge in [-0.3, -0.25) is 4.40 Å². The lowest BCUT2D eigenvalue weighted by atomic mass is 10.0. The summed E-state index contributed by atoms with van der Waals surface area (Å²) in [7, 11) is 1.69. The van der Waals surface area contributed by atoms with Crippen LogP contribution in [-0.4, -0.2) is 33.2 Å². The Morgan fingerprint density at radius 1 is 1.23 bits per heavy atom. The molecule has 0 bridgehead atoms. The van der Waals surface area contributed by atoms with Crippen LogP contribution in [0.2, 0.25) is 0 Å². The molecule has 22 heavy (non-hydrogen) atoms. The van der Waals surface area contributed by atoms with Crippen LogP contribution >= 0.6 is 0 Å². The second kappa shape index (κ2) is 5.29. The Morgan fingerprint density at radius 3 is 2.91 bits per heavy atom. The number of hydrogen-bond acceptors (Lipinski definition) is 5. The van der Waals surface area contributed by atoms with Gasteiger partial charge in [-0.1, -0.05) is 12.1 Å². The lowest BCUT2D eigenvalue weighted by molar-refractivity contribution is 0.414. The number of nitrogens with zero attached hydrogens (tertiary/aromatic N) is 5. The first-order valence-corrected chi connectivity index (χ1v) is 7.42. The van der Waals surface area contributed by atoms with E-state index in [0.29, 0.717) is 6.04 Å². The van der Waals surface area contributed by atoms with E-state index >= 15 is 0 Å². The van der Waals surface area contributed by atoms with Crippen molar-refractivity contribution in [2.45, 2.75) is 18.9 Å². The minimum atomic E-state index is 0.321. The van der Waals surface area contributed by atoms with Gasteiger partial charge in [0.2, 0.25) is 5.65 Å². The molecule has 1 saturated heterocycles. The monoisotopic (exact) mass is 295 g/mol. The third-order valence-electron chi connectivity index (χ3n) is 4.22. The Morgan fingerprint density at radius 2 is 2.09 bits per heavy atom. The topological polar surface area (TPSA) is 55.5 Å². The molecule has 0 aliphatic carbocycles. The number of benzene rings is 1. The third-order valence-corrected chi connectivity index (χ3v) is 4.22. The average Bonchev–Trinajstić information content (AvgIpc) is 3.23. The number of ether oxygens (including phenoxy) is 1. The molecular formula is C16H17N5O. The van der Waals surface area contributed by atoms with Gasteiger partial charge in [-0.05, 0) is 30.5 Å². The maximum absolute atomic E-state index is 5.24. The lowest BCUT2D eigenvalue weighted by Crippen LogP contribution is -2.24. The molecule has 0 amide bonds. The van der Waals surface area contributed by atoms with Crippen molar-refractivity contribution < 1.29 is 4.74 Å². The van der Waals surface area contributed by atoms with Crippen LogP contribution in [0, 0.1) is 0 Å². The number of fused-ring (bicyclic) bond motifs is 1. The van der Waals surface area contributed by atoms with Gasteiger partial charge in [-0.2, -0.15) is 0 Å². The highest BCUT2D eigenvalue weighted by atomic mass is 16.5. The number of hydrogen-bond donors (Lipinski definition) is 0. The van der Waals surface area contributed by atoms with Gasteiger partial charge in [0, 0.05) is 18.9 Å². The zero-order chi connectivity index (χ0) is 14.9. The number of anilines is 1. The summed E-state index contributed by atoms with van der Waals surface area (Å²) >= 11 is 0. The molecule has 0 radical (unpaired) electrons. The summed E-state index contributed by atoms with van der Waals surface area (Å²) in [6.45, 7) is 0.982. The molecule has 2 aromatic heterocycles. The predicted molar refractivity (Wildman–Crippen MR) is 83.1 cm³/mol. The minimum absolute atomic E-state index is 0.321. The van der Waals surface area contributed by atoms with E-state index in [4.69, 9.17) is 4.74 Å². The number of rotatable bonds is 3. The highest BCUT2D eigenvalue weighted by Gasteiger charge is 2.29. The molecule has 1 aliphatic heterocycles. The molecule has 112 valence electrons. The molecular weight excluding hydrogens is 278 g/mol. The van der Waals surface area contributed by atoms with Crippen LogP contribution in [0.25, 0.3) is 5.65 Å². The Labute approximate surface area is 128 Å². The Kier molecular flexibility index (Phi) is 3.14. The summed E-state index contributed by atoms with van der Waals surface area (Å²) in [5, 5.41) is 8.19. The van der Waals surface area contributed by atoms with Crippen molar-refractivity contribution in [3.05, 3.63) is 48.5 Å². The highest BCUT2D eigenvalue weighted by molar-refractivity contribution is 5.64. The molecule has 0 saturated carbocycles. The van der Waals surface area contributed by atoms with Crippen molar-refractivity contribution in [2.75, 3.05) is 18.6 Å². The van der Waals surface area contributed by atoms with E-state index in [0.717, 1.165) is 36.6 Å². The zero-order valence-corrected chi connectivity index (χ0v) is 12.4. The average molecular weight is 295 g/mol. The van der Waals surface area contributed by atoms with E-state index in [9.17, 15) is 0 Å². The van der Waals surface area contributed by atoms with Crippen molar-refractivity contribution in [1.29, 1.82) is 0 Å². The molecule has 1 unspecified atom stereocenters. The minimum Gasteiger partial charge on any atom is -0.497 e. The van der Waals surface area contributed by atoms with Crippen LogP contribution < -0.4 is 9.64 Å². The van der Waals surface area contributed by atoms with E-state index in [1.807, 2.05) is 22.7 Å². The van der Waals surface area contributed by atoms with E-state index in [2.05, 4.69) is 32.2 Å². The first kappa shape index (κ1) is 13.1. The fraction of sp³-hybridized carbons (Fsp3) is 0.312. The van der Waals surface area contributed by atoms with Crippen molar-refractivity contribution in [1.82, 2.24) is 19.6 Å². The number of aromatic nitrogens is 4. The van der Waals surface area contributed by atoms with Crippen LogP contribution in [0.4, 0.5) is 5.82 Å². The van der Waals surface area contributed by atoms with Crippen molar-refractivity contribution >= 4 is 11.5 Å². The summed E-state index contributed by atoms with van der Waals surface area (Å²) in [4.78, 5) is 6.87. The molecule has 0 N–H and O–H groups in total. The summed E-state index contributed by atoms with van der Waals surface area (Å²) < 4.78 is 7.15. The molecule has 1 aromatic carbocycles. The second-order valence-corrected chi connectivity index (χ2v) is 5.44. The second-order valence-electron chi connectivity index (χ2n) is 5.44. The largest absolute Gasteiger partial charge is 0.497 e. The van der Waals surface area contributed by atoms with Crippen molar-refractivity contribution in [2.24, 2.45) is 0 Å². The van der Waals surface area contributed by atoms with Crippen molar-refractivity contribution in [3.8, 4) is 5.75 Å². The Bertz CT molecular complexity index is 783. The van der Waals surface area contributed by atoms with E-state index in [-0.39, 0.29) is 0 Å². The Balaban J connectivity index is 1.72. The van der Waals surface area contributed by atoms with Gasteiger partial charge < -0.3 is 9.64 Å². The van der Waals surface area contributed by atoms with Crippen LogP contribution in [0.1, 0.15) is 24.4 Å². The van der Waals surface area contributed by atoms with Crippen LogP contribution in [0.5, 0.6) is 5.75 Å². The quantitative estimate of drug-likeness (QED) is 0.743. The molecule has 1 atom stereocenters. The van der Waals surface area contributed by atoms with Gasteiger partial charge in [-0.15, -0.1) is 10.2 Å².